The molecule has 2 aromatic rings. The smallest absolute Gasteiger partial charge is 0.0544 e. The van der Waals surface area contributed by atoms with Gasteiger partial charge < -0.3 is 5.32 Å². The van der Waals surface area contributed by atoms with Crippen molar-refractivity contribution >= 4 is 0 Å². The summed E-state index contributed by atoms with van der Waals surface area (Å²) in [5.41, 5.74) is 2.46. The van der Waals surface area contributed by atoms with Gasteiger partial charge in [0.1, 0.15) is 0 Å². The van der Waals surface area contributed by atoms with Crippen molar-refractivity contribution in [3.63, 3.8) is 0 Å². The maximum absolute atomic E-state index is 4.19. The summed E-state index contributed by atoms with van der Waals surface area (Å²) in [6, 6.07) is 2.34. The lowest BCUT2D eigenvalue weighted by Gasteiger charge is -2.17. The minimum Gasteiger partial charge on any atom is -0.310 e. The van der Waals surface area contributed by atoms with Gasteiger partial charge in [-0.05, 0) is 36.6 Å². The van der Waals surface area contributed by atoms with Crippen molar-refractivity contribution in [2.45, 2.75) is 25.8 Å². The van der Waals surface area contributed by atoms with Crippen LogP contribution in [-0.4, -0.2) is 26.5 Å². The maximum Gasteiger partial charge on any atom is 0.0544 e. The average molecular weight is 245 g/mol. The van der Waals surface area contributed by atoms with Gasteiger partial charge in [-0.15, -0.1) is 0 Å². The molecule has 0 amide bonds. The van der Waals surface area contributed by atoms with Gasteiger partial charge in [0.25, 0.3) is 0 Å². The second kappa shape index (κ2) is 6.26. The van der Waals surface area contributed by atoms with Crippen molar-refractivity contribution in [1.82, 2.24) is 25.3 Å². The van der Waals surface area contributed by atoms with Crippen LogP contribution in [0, 0.1) is 0 Å². The molecule has 0 spiro atoms. The first-order valence-electron chi connectivity index (χ1n) is 6.27. The first-order valence-corrected chi connectivity index (χ1v) is 6.27. The Bertz CT molecular complexity index is 465. The predicted molar refractivity (Wildman–Crippen MR) is 70.0 cm³/mol. The highest BCUT2D eigenvalue weighted by atomic mass is 15.2. The van der Waals surface area contributed by atoms with Crippen LogP contribution in [0.2, 0.25) is 0 Å². The summed E-state index contributed by atoms with van der Waals surface area (Å²) < 4.78 is 1.84. The van der Waals surface area contributed by atoms with Crippen molar-refractivity contribution in [1.29, 1.82) is 0 Å². The van der Waals surface area contributed by atoms with Gasteiger partial charge in [0.15, 0.2) is 0 Å². The van der Waals surface area contributed by atoms with E-state index in [2.05, 4.69) is 33.7 Å². The van der Waals surface area contributed by atoms with Gasteiger partial charge in [-0.1, -0.05) is 6.92 Å². The first-order chi connectivity index (χ1) is 8.79. The van der Waals surface area contributed by atoms with Gasteiger partial charge >= 0.3 is 0 Å². The van der Waals surface area contributed by atoms with Crippen LogP contribution in [0.5, 0.6) is 0 Å². The van der Waals surface area contributed by atoms with E-state index in [1.54, 1.807) is 6.20 Å². The van der Waals surface area contributed by atoms with Crippen molar-refractivity contribution in [3.05, 3.63) is 42.0 Å². The molecule has 0 fully saturated rings. The van der Waals surface area contributed by atoms with Crippen LogP contribution in [0.25, 0.3) is 0 Å². The second-order valence-corrected chi connectivity index (χ2v) is 4.35. The van der Waals surface area contributed by atoms with E-state index < -0.39 is 0 Å². The molecule has 2 heterocycles. The molecule has 0 saturated carbocycles. The summed E-state index contributed by atoms with van der Waals surface area (Å²) in [5, 5.41) is 15.4. The summed E-state index contributed by atoms with van der Waals surface area (Å²) in [5.74, 6) is 0. The highest BCUT2D eigenvalue weighted by molar-refractivity contribution is 5.13. The number of hydrogen-bond donors (Lipinski definition) is 1. The first kappa shape index (κ1) is 12.7. The van der Waals surface area contributed by atoms with Crippen LogP contribution in [0.4, 0.5) is 0 Å². The number of hydrogen-bond acceptors (Lipinski definition) is 4. The largest absolute Gasteiger partial charge is 0.310 e. The molecule has 18 heavy (non-hydrogen) atoms. The van der Waals surface area contributed by atoms with Crippen LogP contribution >= 0.6 is 0 Å². The molecule has 2 aromatic heterocycles. The van der Waals surface area contributed by atoms with Gasteiger partial charge in [-0.25, -0.2) is 0 Å². The van der Waals surface area contributed by atoms with E-state index in [0.29, 0.717) is 6.04 Å². The van der Waals surface area contributed by atoms with E-state index in [1.807, 2.05) is 30.2 Å². The van der Waals surface area contributed by atoms with Gasteiger partial charge in [0.05, 0.1) is 12.4 Å². The predicted octanol–water partition coefficient (Wildman–Crippen LogP) is 1.49. The average Bonchev–Trinajstić information content (AvgIpc) is 2.81. The van der Waals surface area contributed by atoms with Crippen molar-refractivity contribution in [3.8, 4) is 0 Å². The Balaban J connectivity index is 1.98. The van der Waals surface area contributed by atoms with Crippen LogP contribution < -0.4 is 5.32 Å². The summed E-state index contributed by atoms with van der Waals surface area (Å²) in [7, 11) is 1.94. The fourth-order valence-corrected chi connectivity index (χ4v) is 2.05. The summed E-state index contributed by atoms with van der Waals surface area (Å²) in [4.78, 5) is 0. The lowest BCUT2D eigenvalue weighted by Crippen LogP contribution is -2.21. The summed E-state index contributed by atoms with van der Waals surface area (Å²) >= 11 is 0. The Morgan fingerprint density at radius 1 is 1.33 bits per heavy atom. The molecule has 0 radical (unpaired) electrons. The molecule has 1 unspecified atom stereocenters. The fourth-order valence-electron chi connectivity index (χ4n) is 2.05. The third-order valence-electron chi connectivity index (χ3n) is 2.94. The molecular weight excluding hydrogens is 226 g/mol. The van der Waals surface area contributed by atoms with E-state index in [-0.39, 0.29) is 0 Å². The van der Waals surface area contributed by atoms with Gasteiger partial charge in [-0.3, -0.25) is 4.68 Å². The molecule has 5 nitrogen and oxygen atoms in total. The SMILES string of the molecule is CCNC(CCc1cnn(C)c1)c1ccnnc1. The Kier molecular flexibility index (Phi) is 4.41. The molecule has 1 atom stereocenters. The minimum absolute atomic E-state index is 0.325. The Labute approximate surface area is 107 Å². The number of nitrogens with one attached hydrogen (secondary N) is 1. The minimum atomic E-state index is 0.325. The highest BCUT2D eigenvalue weighted by Crippen LogP contribution is 2.17. The molecule has 2 rings (SSSR count). The van der Waals surface area contributed by atoms with Gasteiger partial charge in [0.2, 0.25) is 0 Å². The quantitative estimate of drug-likeness (QED) is 0.838. The Morgan fingerprint density at radius 2 is 2.22 bits per heavy atom. The summed E-state index contributed by atoms with van der Waals surface area (Å²) in [6.07, 6.45) is 9.60. The number of nitrogens with zero attached hydrogens (tertiary/aromatic N) is 4. The normalized spacial score (nSPS) is 12.6. The fraction of sp³-hybridized carbons (Fsp3) is 0.462. The van der Waals surface area contributed by atoms with Crippen LogP contribution in [-0.2, 0) is 13.5 Å². The molecule has 0 aromatic carbocycles. The van der Waals surface area contributed by atoms with Crippen molar-refractivity contribution in [2.24, 2.45) is 7.05 Å². The molecule has 1 N–H and O–H groups in total. The highest BCUT2D eigenvalue weighted by Gasteiger charge is 2.11. The van der Waals surface area contributed by atoms with Crippen LogP contribution in [0.3, 0.4) is 0 Å². The Hall–Kier alpha value is -1.75. The molecule has 0 aliphatic carbocycles. The third-order valence-corrected chi connectivity index (χ3v) is 2.94. The van der Waals surface area contributed by atoms with Gasteiger partial charge in [0, 0.05) is 25.5 Å². The zero-order chi connectivity index (χ0) is 12.8. The Morgan fingerprint density at radius 3 is 2.83 bits per heavy atom. The lowest BCUT2D eigenvalue weighted by atomic mass is 10.0. The molecule has 0 bridgehead atoms. The van der Waals surface area contributed by atoms with Crippen LogP contribution in [0.15, 0.2) is 30.9 Å². The number of rotatable bonds is 6. The standard InChI is InChI=1S/C13H19N5/c1-3-14-13(12-6-7-15-16-9-12)5-4-11-8-17-18(2)10-11/h6-10,13-14H,3-5H2,1-2H3. The lowest BCUT2D eigenvalue weighted by molar-refractivity contribution is 0.513. The van der Waals surface area contributed by atoms with Crippen molar-refractivity contribution in [2.75, 3.05) is 6.54 Å². The van der Waals surface area contributed by atoms with E-state index in [4.69, 9.17) is 0 Å². The molecule has 0 aliphatic heterocycles. The second-order valence-electron chi connectivity index (χ2n) is 4.35. The monoisotopic (exact) mass is 245 g/mol. The van der Waals surface area contributed by atoms with E-state index >= 15 is 0 Å². The van der Waals surface area contributed by atoms with E-state index in [0.717, 1.165) is 19.4 Å². The number of aromatic nitrogens is 4. The zero-order valence-electron chi connectivity index (χ0n) is 10.9. The van der Waals surface area contributed by atoms with E-state index in [1.165, 1.54) is 11.1 Å². The van der Waals surface area contributed by atoms with Gasteiger partial charge in [-0.2, -0.15) is 15.3 Å². The van der Waals surface area contributed by atoms with Crippen molar-refractivity contribution < 1.29 is 0 Å². The third kappa shape index (κ3) is 3.37. The number of aryl methyl sites for hydroxylation is 2. The molecule has 96 valence electrons. The molecule has 5 heteroatoms. The molecule has 0 aliphatic rings. The van der Waals surface area contributed by atoms with Crippen LogP contribution in [0.1, 0.15) is 30.5 Å². The zero-order valence-corrected chi connectivity index (χ0v) is 10.9. The summed E-state index contributed by atoms with van der Waals surface area (Å²) in [6.45, 7) is 3.06. The molecule has 0 saturated heterocycles. The van der Waals surface area contributed by atoms with E-state index in [9.17, 15) is 0 Å². The molecular formula is C13H19N5. The maximum atomic E-state index is 4.19. The topological polar surface area (TPSA) is 55.6 Å².